The maximum absolute atomic E-state index is 9.14. The third-order valence-corrected chi connectivity index (χ3v) is 2.71. The third kappa shape index (κ3) is 2.99. The SMILES string of the molecule is OCC(OC1=CCCC1)OC1=CCCC1. The monoisotopic (exact) mass is 210 g/mol. The summed E-state index contributed by atoms with van der Waals surface area (Å²) in [5.74, 6) is 1.93. The van der Waals surface area contributed by atoms with Crippen molar-refractivity contribution in [2.24, 2.45) is 0 Å². The van der Waals surface area contributed by atoms with Crippen LogP contribution in [0.1, 0.15) is 38.5 Å². The molecule has 0 spiro atoms. The van der Waals surface area contributed by atoms with Crippen LogP contribution < -0.4 is 0 Å². The first-order chi connectivity index (χ1) is 7.38. The van der Waals surface area contributed by atoms with E-state index >= 15 is 0 Å². The summed E-state index contributed by atoms with van der Waals surface area (Å²) in [5, 5.41) is 9.14. The number of aliphatic hydroxyl groups is 1. The molecular formula is C12H18O3. The topological polar surface area (TPSA) is 38.7 Å². The Morgan fingerprint density at radius 3 is 1.93 bits per heavy atom. The molecule has 0 fully saturated rings. The van der Waals surface area contributed by atoms with Crippen molar-refractivity contribution in [3.63, 3.8) is 0 Å². The number of hydrogen-bond acceptors (Lipinski definition) is 3. The molecule has 0 atom stereocenters. The molecular weight excluding hydrogens is 192 g/mol. The van der Waals surface area contributed by atoms with E-state index in [2.05, 4.69) is 12.2 Å². The van der Waals surface area contributed by atoms with Gasteiger partial charge in [0.2, 0.25) is 0 Å². The van der Waals surface area contributed by atoms with Crippen LogP contribution in [0, 0.1) is 0 Å². The van der Waals surface area contributed by atoms with Gasteiger partial charge in [-0.05, 0) is 37.8 Å². The Bertz CT molecular complexity index is 242. The van der Waals surface area contributed by atoms with Crippen molar-refractivity contribution >= 4 is 0 Å². The van der Waals surface area contributed by atoms with Gasteiger partial charge in [-0.3, -0.25) is 0 Å². The summed E-state index contributed by atoms with van der Waals surface area (Å²) in [5.41, 5.74) is 0. The first-order valence-corrected chi connectivity index (χ1v) is 5.71. The lowest BCUT2D eigenvalue weighted by atomic mass is 10.3. The van der Waals surface area contributed by atoms with Crippen molar-refractivity contribution in [3.8, 4) is 0 Å². The minimum atomic E-state index is -0.515. The van der Waals surface area contributed by atoms with Crippen molar-refractivity contribution in [1.82, 2.24) is 0 Å². The lowest BCUT2D eigenvalue weighted by Crippen LogP contribution is -2.20. The number of hydrogen-bond donors (Lipinski definition) is 1. The molecule has 0 heterocycles. The second-order valence-corrected chi connectivity index (χ2v) is 3.97. The average Bonchev–Trinajstić information content (AvgIpc) is 2.89. The second kappa shape index (κ2) is 5.21. The average molecular weight is 210 g/mol. The van der Waals surface area contributed by atoms with Crippen molar-refractivity contribution in [1.29, 1.82) is 0 Å². The first-order valence-electron chi connectivity index (χ1n) is 5.71. The molecule has 0 bridgehead atoms. The maximum atomic E-state index is 9.14. The van der Waals surface area contributed by atoms with Gasteiger partial charge < -0.3 is 14.6 Å². The van der Waals surface area contributed by atoms with Crippen molar-refractivity contribution in [3.05, 3.63) is 23.7 Å². The van der Waals surface area contributed by atoms with Crippen LogP contribution in [0.15, 0.2) is 23.7 Å². The summed E-state index contributed by atoms with van der Waals surface area (Å²) in [6.45, 7) is -0.0886. The quantitative estimate of drug-likeness (QED) is 0.708. The van der Waals surface area contributed by atoms with Crippen LogP contribution in [0.5, 0.6) is 0 Å². The van der Waals surface area contributed by atoms with E-state index in [4.69, 9.17) is 14.6 Å². The Hall–Kier alpha value is -0.960. The van der Waals surface area contributed by atoms with Gasteiger partial charge in [-0.15, -0.1) is 0 Å². The molecule has 2 aliphatic carbocycles. The number of allylic oxidation sites excluding steroid dienone is 4. The molecule has 0 unspecified atom stereocenters. The number of ether oxygens (including phenoxy) is 2. The summed E-state index contributed by atoms with van der Waals surface area (Å²) in [7, 11) is 0. The molecule has 0 radical (unpaired) electrons. The second-order valence-electron chi connectivity index (χ2n) is 3.97. The molecule has 3 heteroatoms. The van der Waals surface area contributed by atoms with Crippen LogP contribution >= 0.6 is 0 Å². The fourth-order valence-corrected chi connectivity index (χ4v) is 1.93. The van der Waals surface area contributed by atoms with Crippen molar-refractivity contribution in [2.75, 3.05) is 6.61 Å². The van der Waals surface area contributed by atoms with Crippen LogP contribution in [0.3, 0.4) is 0 Å². The van der Waals surface area contributed by atoms with Crippen LogP contribution in [0.25, 0.3) is 0 Å². The maximum Gasteiger partial charge on any atom is 0.262 e. The van der Waals surface area contributed by atoms with E-state index < -0.39 is 6.29 Å². The van der Waals surface area contributed by atoms with E-state index in [1.54, 1.807) is 0 Å². The van der Waals surface area contributed by atoms with Crippen LogP contribution in [-0.2, 0) is 9.47 Å². The smallest absolute Gasteiger partial charge is 0.262 e. The van der Waals surface area contributed by atoms with Crippen LogP contribution in [0.2, 0.25) is 0 Å². The number of aliphatic hydroxyl groups excluding tert-OH is 1. The Labute approximate surface area is 90.4 Å². The molecule has 0 saturated carbocycles. The Balaban J connectivity index is 1.81. The van der Waals surface area contributed by atoms with Gasteiger partial charge in [-0.2, -0.15) is 0 Å². The number of rotatable bonds is 5. The van der Waals surface area contributed by atoms with Gasteiger partial charge in [0.25, 0.3) is 6.29 Å². The zero-order valence-electron chi connectivity index (χ0n) is 8.95. The van der Waals surface area contributed by atoms with Gasteiger partial charge in [0.05, 0.1) is 11.5 Å². The Morgan fingerprint density at radius 2 is 1.60 bits per heavy atom. The van der Waals surface area contributed by atoms with Crippen LogP contribution in [-0.4, -0.2) is 18.0 Å². The Morgan fingerprint density at radius 1 is 1.07 bits per heavy atom. The summed E-state index contributed by atoms with van der Waals surface area (Å²) in [4.78, 5) is 0. The molecule has 0 amide bonds. The van der Waals surface area contributed by atoms with Crippen molar-refractivity contribution in [2.45, 2.75) is 44.8 Å². The molecule has 2 rings (SSSR count). The lowest BCUT2D eigenvalue weighted by molar-refractivity contribution is -0.115. The highest BCUT2D eigenvalue weighted by molar-refractivity contribution is 5.01. The lowest BCUT2D eigenvalue weighted by Gasteiger charge is -2.19. The standard InChI is InChI=1S/C12H18O3/c13-9-12(14-10-5-1-2-6-10)15-11-7-3-4-8-11/h5,7,12-13H,1-4,6,8-9H2. The van der Waals surface area contributed by atoms with Crippen molar-refractivity contribution < 1.29 is 14.6 Å². The summed E-state index contributed by atoms with van der Waals surface area (Å²) < 4.78 is 11.1. The summed E-state index contributed by atoms with van der Waals surface area (Å²) in [6.07, 6.45) is 10.0. The first kappa shape index (κ1) is 10.6. The molecule has 0 aromatic heterocycles. The van der Waals surface area contributed by atoms with Gasteiger partial charge in [-0.25, -0.2) is 0 Å². The molecule has 0 aromatic carbocycles. The summed E-state index contributed by atoms with van der Waals surface area (Å²) in [6, 6.07) is 0. The molecule has 3 nitrogen and oxygen atoms in total. The summed E-state index contributed by atoms with van der Waals surface area (Å²) >= 11 is 0. The van der Waals surface area contributed by atoms with Gasteiger partial charge in [0, 0.05) is 12.8 Å². The van der Waals surface area contributed by atoms with E-state index in [0.717, 1.165) is 50.0 Å². The highest BCUT2D eigenvalue weighted by Crippen LogP contribution is 2.24. The zero-order chi connectivity index (χ0) is 10.5. The molecule has 2 aliphatic rings. The van der Waals surface area contributed by atoms with E-state index in [1.807, 2.05) is 0 Å². The fraction of sp³-hybridized carbons (Fsp3) is 0.667. The largest absolute Gasteiger partial charge is 0.457 e. The van der Waals surface area contributed by atoms with Crippen LogP contribution in [0.4, 0.5) is 0 Å². The Kier molecular flexibility index (Phi) is 3.67. The third-order valence-electron chi connectivity index (χ3n) is 2.71. The van der Waals surface area contributed by atoms with E-state index in [9.17, 15) is 0 Å². The molecule has 0 saturated heterocycles. The zero-order valence-corrected chi connectivity index (χ0v) is 8.95. The van der Waals surface area contributed by atoms with Gasteiger partial charge in [-0.1, -0.05) is 0 Å². The molecule has 84 valence electrons. The van der Waals surface area contributed by atoms with E-state index in [1.165, 1.54) is 0 Å². The highest BCUT2D eigenvalue weighted by atomic mass is 16.7. The van der Waals surface area contributed by atoms with E-state index in [0.29, 0.717) is 0 Å². The molecule has 1 N–H and O–H groups in total. The predicted molar refractivity (Wildman–Crippen MR) is 56.9 cm³/mol. The fourth-order valence-electron chi connectivity index (χ4n) is 1.93. The molecule has 15 heavy (non-hydrogen) atoms. The highest BCUT2D eigenvalue weighted by Gasteiger charge is 2.17. The van der Waals surface area contributed by atoms with Gasteiger partial charge in [0.15, 0.2) is 0 Å². The molecule has 0 aromatic rings. The van der Waals surface area contributed by atoms with Gasteiger partial charge >= 0.3 is 0 Å². The minimum Gasteiger partial charge on any atom is -0.457 e. The minimum absolute atomic E-state index is 0.0886. The molecule has 0 aliphatic heterocycles. The van der Waals surface area contributed by atoms with E-state index in [-0.39, 0.29) is 6.61 Å². The van der Waals surface area contributed by atoms with Gasteiger partial charge in [0.1, 0.15) is 6.61 Å². The normalized spacial score (nSPS) is 20.4. The predicted octanol–water partition coefficient (Wildman–Crippen LogP) is 2.47.